The Hall–Kier alpha value is -1.58. The number of ether oxygens (including phenoxy) is 1. The first-order valence-corrected chi connectivity index (χ1v) is 6.73. The zero-order chi connectivity index (χ0) is 13.7. The van der Waals surface area contributed by atoms with Crippen molar-refractivity contribution in [2.75, 3.05) is 0 Å². The highest BCUT2D eigenvalue weighted by Crippen LogP contribution is 2.23. The van der Waals surface area contributed by atoms with Crippen LogP contribution in [0.15, 0.2) is 36.4 Å². The molecule has 0 radical (unpaired) electrons. The van der Waals surface area contributed by atoms with Crippen molar-refractivity contribution in [1.29, 1.82) is 0 Å². The molecule has 3 nitrogen and oxygen atoms in total. The fourth-order valence-electron chi connectivity index (χ4n) is 1.80. The summed E-state index contributed by atoms with van der Waals surface area (Å²) >= 11 is 5.96. The van der Waals surface area contributed by atoms with Gasteiger partial charge < -0.3 is 10.5 Å². The van der Waals surface area contributed by atoms with Gasteiger partial charge in [0.05, 0.1) is 10.7 Å². The Morgan fingerprint density at radius 2 is 1.89 bits per heavy atom. The molecule has 0 atom stereocenters. The molecule has 1 heterocycles. The van der Waals surface area contributed by atoms with Gasteiger partial charge in [-0.3, -0.25) is 0 Å². The molecule has 0 amide bonds. The number of benzene rings is 1. The first-order chi connectivity index (χ1) is 9.22. The predicted molar refractivity (Wildman–Crippen MR) is 77.6 cm³/mol. The number of aryl methyl sites for hydroxylation is 1. The third-order valence-corrected chi connectivity index (χ3v) is 3.12. The summed E-state index contributed by atoms with van der Waals surface area (Å²) in [7, 11) is 0. The molecule has 0 aliphatic heterocycles. The summed E-state index contributed by atoms with van der Waals surface area (Å²) in [6, 6.07) is 11.5. The number of hydrogen-bond acceptors (Lipinski definition) is 3. The SMILES string of the molecule is CCCc1ccc(Oc2ccc(Cl)c(CN)n2)cc1. The number of nitrogens with zero attached hydrogens (tertiary/aromatic N) is 1. The summed E-state index contributed by atoms with van der Waals surface area (Å²) in [6.45, 7) is 2.46. The number of pyridine rings is 1. The van der Waals surface area contributed by atoms with E-state index in [2.05, 4.69) is 24.0 Å². The van der Waals surface area contributed by atoms with Crippen LogP contribution in [-0.4, -0.2) is 4.98 Å². The highest BCUT2D eigenvalue weighted by atomic mass is 35.5. The monoisotopic (exact) mass is 276 g/mol. The second kappa shape index (κ2) is 6.55. The number of hydrogen-bond donors (Lipinski definition) is 1. The zero-order valence-electron chi connectivity index (χ0n) is 10.9. The van der Waals surface area contributed by atoms with Gasteiger partial charge in [0, 0.05) is 12.6 Å². The Balaban J connectivity index is 2.12. The van der Waals surface area contributed by atoms with E-state index in [1.807, 2.05) is 12.1 Å². The van der Waals surface area contributed by atoms with Crippen molar-refractivity contribution in [1.82, 2.24) is 4.98 Å². The Bertz CT molecular complexity index is 540. The Morgan fingerprint density at radius 3 is 2.53 bits per heavy atom. The van der Waals surface area contributed by atoms with Crippen LogP contribution in [0.3, 0.4) is 0 Å². The Kier molecular flexibility index (Phi) is 4.77. The van der Waals surface area contributed by atoms with Gasteiger partial charge in [0.25, 0.3) is 0 Å². The third-order valence-electron chi connectivity index (χ3n) is 2.77. The van der Waals surface area contributed by atoms with Gasteiger partial charge in [-0.1, -0.05) is 37.1 Å². The van der Waals surface area contributed by atoms with Crippen LogP contribution in [0.5, 0.6) is 11.6 Å². The first kappa shape index (κ1) is 13.8. The topological polar surface area (TPSA) is 48.1 Å². The van der Waals surface area contributed by atoms with Crippen molar-refractivity contribution < 1.29 is 4.74 Å². The highest BCUT2D eigenvalue weighted by Gasteiger charge is 2.04. The maximum atomic E-state index is 5.96. The first-order valence-electron chi connectivity index (χ1n) is 6.35. The van der Waals surface area contributed by atoms with Gasteiger partial charge in [-0.15, -0.1) is 0 Å². The Morgan fingerprint density at radius 1 is 1.16 bits per heavy atom. The molecule has 0 aliphatic carbocycles. The minimum atomic E-state index is 0.297. The molecule has 100 valence electrons. The molecule has 0 fully saturated rings. The highest BCUT2D eigenvalue weighted by molar-refractivity contribution is 6.31. The van der Waals surface area contributed by atoms with E-state index in [1.165, 1.54) is 5.56 Å². The van der Waals surface area contributed by atoms with E-state index in [1.54, 1.807) is 12.1 Å². The molecule has 2 rings (SSSR count). The van der Waals surface area contributed by atoms with Gasteiger partial charge in [-0.05, 0) is 30.2 Å². The van der Waals surface area contributed by atoms with E-state index in [-0.39, 0.29) is 0 Å². The standard InChI is InChI=1S/C15H17ClN2O/c1-2-3-11-4-6-12(7-5-11)19-15-9-8-13(16)14(10-17)18-15/h4-9H,2-3,10,17H2,1H3. The van der Waals surface area contributed by atoms with Gasteiger partial charge in [0.1, 0.15) is 5.75 Å². The average molecular weight is 277 g/mol. The molecule has 0 spiro atoms. The summed E-state index contributed by atoms with van der Waals surface area (Å²) in [6.07, 6.45) is 2.22. The fourth-order valence-corrected chi connectivity index (χ4v) is 1.98. The van der Waals surface area contributed by atoms with Crippen molar-refractivity contribution in [3.8, 4) is 11.6 Å². The lowest BCUT2D eigenvalue weighted by atomic mass is 10.1. The van der Waals surface area contributed by atoms with E-state index < -0.39 is 0 Å². The van der Waals surface area contributed by atoms with Crippen LogP contribution in [0.1, 0.15) is 24.6 Å². The summed E-state index contributed by atoms with van der Waals surface area (Å²) < 4.78 is 5.68. The van der Waals surface area contributed by atoms with Crippen LogP contribution < -0.4 is 10.5 Å². The number of nitrogens with two attached hydrogens (primary N) is 1. The van der Waals surface area contributed by atoms with E-state index in [9.17, 15) is 0 Å². The minimum absolute atomic E-state index is 0.297. The molecular formula is C15H17ClN2O. The van der Waals surface area contributed by atoms with Gasteiger partial charge in [-0.2, -0.15) is 0 Å². The minimum Gasteiger partial charge on any atom is -0.439 e. The summed E-state index contributed by atoms with van der Waals surface area (Å²) in [5, 5.41) is 0.563. The van der Waals surface area contributed by atoms with Gasteiger partial charge >= 0.3 is 0 Å². The van der Waals surface area contributed by atoms with E-state index in [0.29, 0.717) is 23.1 Å². The zero-order valence-corrected chi connectivity index (χ0v) is 11.7. The number of rotatable bonds is 5. The summed E-state index contributed by atoms with van der Waals surface area (Å²) in [4.78, 5) is 4.27. The third kappa shape index (κ3) is 3.69. The van der Waals surface area contributed by atoms with Crippen molar-refractivity contribution in [2.24, 2.45) is 5.73 Å². The molecule has 2 N–H and O–H groups in total. The molecule has 0 saturated carbocycles. The molecule has 1 aromatic carbocycles. The van der Waals surface area contributed by atoms with Crippen molar-refractivity contribution >= 4 is 11.6 Å². The lowest BCUT2D eigenvalue weighted by molar-refractivity contribution is 0.460. The molecule has 0 aliphatic rings. The smallest absolute Gasteiger partial charge is 0.219 e. The lowest BCUT2D eigenvalue weighted by Crippen LogP contribution is -2.01. The predicted octanol–water partition coefficient (Wildman–Crippen LogP) is 3.94. The molecule has 1 aromatic heterocycles. The van der Waals surface area contributed by atoms with Crippen molar-refractivity contribution in [3.63, 3.8) is 0 Å². The second-order valence-electron chi connectivity index (χ2n) is 4.28. The molecule has 0 bridgehead atoms. The van der Waals surface area contributed by atoms with Gasteiger partial charge in [-0.25, -0.2) is 4.98 Å². The van der Waals surface area contributed by atoms with Crippen molar-refractivity contribution in [2.45, 2.75) is 26.3 Å². The van der Waals surface area contributed by atoms with Crippen LogP contribution >= 0.6 is 11.6 Å². The van der Waals surface area contributed by atoms with Crippen molar-refractivity contribution in [3.05, 3.63) is 52.7 Å². The number of halogens is 1. The summed E-state index contributed by atoms with van der Waals surface area (Å²) in [5.41, 5.74) is 7.51. The molecule has 4 heteroatoms. The molecule has 0 unspecified atom stereocenters. The molecule has 2 aromatic rings. The van der Waals surface area contributed by atoms with Crippen LogP contribution in [-0.2, 0) is 13.0 Å². The second-order valence-corrected chi connectivity index (χ2v) is 4.69. The summed E-state index contributed by atoms with van der Waals surface area (Å²) in [5.74, 6) is 1.27. The Labute approximate surface area is 118 Å². The van der Waals surface area contributed by atoms with Crippen LogP contribution in [0, 0.1) is 0 Å². The average Bonchev–Trinajstić information content (AvgIpc) is 2.43. The lowest BCUT2D eigenvalue weighted by Gasteiger charge is -2.07. The van der Waals surface area contributed by atoms with E-state index >= 15 is 0 Å². The maximum absolute atomic E-state index is 5.96. The van der Waals surface area contributed by atoms with Crippen LogP contribution in [0.2, 0.25) is 5.02 Å². The fraction of sp³-hybridized carbons (Fsp3) is 0.267. The van der Waals surface area contributed by atoms with Gasteiger partial charge in [0.15, 0.2) is 0 Å². The van der Waals surface area contributed by atoms with E-state index in [4.69, 9.17) is 22.1 Å². The molecular weight excluding hydrogens is 260 g/mol. The van der Waals surface area contributed by atoms with Crippen LogP contribution in [0.25, 0.3) is 0 Å². The van der Waals surface area contributed by atoms with Gasteiger partial charge in [0.2, 0.25) is 5.88 Å². The molecule has 19 heavy (non-hydrogen) atoms. The number of aromatic nitrogens is 1. The maximum Gasteiger partial charge on any atom is 0.219 e. The quantitative estimate of drug-likeness (QED) is 0.900. The van der Waals surface area contributed by atoms with E-state index in [0.717, 1.165) is 18.6 Å². The van der Waals surface area contributed by atoms with Crippen LogP contribution in [0.4, 0.5) is 0 Å². The normalized spacial score (nSPS) is 10.5. The molecule has 0 saturated heterocycles. The largest absolute Gasteiger partial charge is 0.439 e.